The molecule has 0 aromatic rings. The quantitative estimate of drug-likeness (QED) is 0.507. The Morgan fingerprint density at radius 3 is 1.22 bits per heavy atom. The molecule has 8 heteroatoms. The van der Waals surface area contributed by atoms with E-state index in [0.29, 0.717) is 39.5 Å². The van der Waals surface area contributed by atoms with Crippen LogP contribution in [0.3, 0.4) is 0 Å². The van der Waals surface area contributed by atoms with Gasteiger partial charge in [0.25, 0.3) is 0 Å². The van der Waals surface area contributed by atoms with Gasteiger partial charge in [0.1, 0.15) is 0 Å². The summed E-state index contributed by atoms with van der Waals surface area (Å²) in [6, 6.07) is 0. The molecule has 0 aliphatic carbocycles. The molecule has 0 aromatic heterocycles. The van der Waals surface area contributed by atoms with Crippen molar-refractivity contribution in [3.63, 3.8) is 0 Å². The minimum atomic E-state index is -0.319. The van der Waals surface area contributed by atoms with Crippen LogP contribution in [0.2, 0.25) is 0 Å². The Morgan fingerprint density at radius 2 is 1.11 bits per heavy atom. The third kappa shape index (κ3) is 6.49. The molecule has 6 N–H and O–H groups in total. The largest absolute Gasteiger partial charge is 0.390 e. The molecule has 2 saturated heterocycles. The Hall–Kier alpha value is 0.340. The van der Waals surface area contributed by atoms with Crippen LogP contribution in [0.5, 0.6) is 0 Å². The van der Waals surface area contributed by atoms with Gasteiger partial charge in [-0.15, -0.1) is 24.8 Å². The number of halogens is 2. The van der Waals surface area contributed by atoms with E-state index in [1.165, 1.54) is 0 Å². The van der Waals surface area contributed by atoms with E-state index in [4.69, 9.17) is 31.2 Å². The van der Waals surface area contributed by atoms with Crippen molar-refractivity contribution in [1.29, 1.82) is 0 Å². The van der Waals surface area contributed by atoms with Crippen LogP contribution < -0.4 is 11.5 Å². The maximum Gasteiger partial charge on any atom is 0.0835 e. The SMILES string of the molecule is Cl.Cl.NC[C@@H]1COC[C@H]1O.NC[C@H]1COC[C@@H]1O. The van der Waals surface area contributed by atoms with E-state index >= 15 is 0 Å². The van der Waals surface area contributed by atoms with Gasteiger partial charge in [0.2, 0.25) is 0 Å². The van der Waals surface area contributed by atoms with Gasteiger partial charge >= 0.3 is 0 Å². The lowest BCUT2D eigenvalue weighted by Gasteiger charge is -2.06. The fourth-order valence-corrected chi connectivity index (χ4v) is 1.62. The first-order chi connectivity index (χ1) is 7.69. The summed E-state index contributed by atoms with van der Waals surface area (Å²) in [6.45, 7) is 3.22. The van der Waals surface area contributed by atoms with E-state index in [-0.39, 0.29) is 48.9 Å². The Balaban J connectivity index is 0. The van der Waals surface area contributed by atoms with Crippen molar-refractivity contribution in [3.05, 3.63) is 0 Å². The van der Waals surface area contributed by atoms with Crippen molar-refractivity contribution in [1.82, 2.24) is 0 Å². The highest BCUT2D eigenvalue weighted by molar-refractivity contribution is 5.85. The first kappa shape index (κ1) is 20.7. The highest BCUT2D eigenvalue weighted by atomic mass is 35.5. The molecule has 0 aromatic carbocycles. The summed E-state index contributed by atoms with van der Waals surface area (Å²) in [7, 11) is 0. The second-order valence-electron chi connectivity index (χ2n) is 4.20. The number of rotatable bonds is 2. The zero-order valence-corrected chi connectivity index (χ0v) is 11.9. The summed E-state index contributed by atoms with van der Waals surface area (Å²) in [6.07, 6.45) is -0.639. The maximum atomic E-state index is 8.98. The summed E-state index contributed by atoms with van der Waals surface area (Å²) in [5.41, 5.74) is 10.6. The Labute approximate surface area is 120 Å². The van der Waals surface area contributed by atoms with Crippen molar-refractivity contribution in [2.75, 3.05) is 39.5 Å². The molecule has 0 bridgehead atoms. The lowest BCUT2D eigenvalue weighted by atomic mass is 10.1. The van der Waals surface area contributed by atoms with Gasteiger partial charge in [-0.25, -0.2) is 0 Å². The summed E-state index contributed by atoms with van der Waals surface area (Å²) in [5.74, 6) is 0.352. The summed E-state index contributed by atoms with van der Waals surface area (Å²) < 4.78 is 9.86. The van der Waals surface area contributed by atoms with Gasteiger partial charge in [-0.3, -0.25) is 0 Å². The van der Waals surface area contributed by atoms with Crippen molar-refractivity contribution < 1.29 is 19.7 Å². The molecule has 0 amide bonds. The molecule has 0 spiro atoms. The smallest absolute Gasteiger partial charge is 0.0835 e. The Morgan fingerprint density at radius 1 is 0.778 bits per heavy atom. The zero-order chi connectivity index (χ0) is 12.0. The van der Waals surface area contributed by atoms with Gasteiger partial charge in [0, 0.05) is 11.8 Å². The van der Waals surface area contributed by atoms with Crippen LogP contribution in [0.15, 0.2) is 0 Å². The molecule has 2 rings (SSSR count). The van der Waals surface area contributed by atoms with E-state index < -0.39 is 0 Å². The number of aliphatic hydroxyl groups is 2. The van der Waals surface area contributed by atoms with Crippen molar-refractivity contribution >= 4 is 24.8 Å². The predicted octanol–water partition coefficient (Wildman–Crippen LogP) is -1.25. The molecular weight excluding hydrogens is 283 g/mol. The maximum absolute atomic E-state index is 8.98. The molecule has 0 radical (unpaired) electrons. The van der Waals surface area contributed by atoms with Gasteiger partial charge < -0.3 is 31.2 Å². The summed E-state index contributed by atoms with van der Waals surface area (Å²) in [4.78, 5) is 0. The van der Waals surface area contributed by atoms with E-state index in [2.05, 4.69) is 0 Å². The number of hydrogen-bond donors (Lipinski definition) is 4. The van der Waals surface area contributed by atoms with Gasteiger partial charge in [0.05, 0.1) is 38.6 Å². The third-order valence-corrected chi connectivity index (χ3v) is 2.93. The van der Waals surface area contributed by atoms with Crippen LogP contribution in [0, 0.1) is 11.8 Å². The normalized spacial score (nSPS) is 34.0. The van der Waals surface area contributed by atoms with Crippen molar-refractivity contribution in [2.24, 2.45) is 23.3 Å². The Kier molecular flexibility index (Phi) is 12.8. The first-order valence-corrected chi connectivity index (χ1v) is 5.60. The van der Waals surface area contributed by atoms with E-state index in [1.54, 1.807) is 0 Å². The molecule has 2 aliphatic heterocycles. The van der Waals surface area contributed by atoms with Gasteiger partial charge in [-0.2, -0.15) is 0 Å². The predicted molar refractivity (Wildman–Crippen MR) is 73.2 cm³/mol. The average Bonchev–Trinajstić information content (AvgIpc) is 2.87. The topological polar surface area (TPSA) is 111 Å². The first-order valence-electron chi connectivity index (χ1n) is 5.60. The number of hydrogen-bond acceptors (Lipinski definition) is 6. The fraction of sp³-hybridized carbons (Fsp3) is 1.00. The van der Waals surface area contributed by atoms with E-state index in [9.17, 15) is 0 Å². The molecular formula is C10H24Cl2N2O4. The molecule has 6 nitrogen and oxygen atoms in total. The van der Waals surface area contributed by atoms with Gasteiger partial charge in [-0.05, 0) is 13.1 Å². The standard InChI is InChI=1S/2C5H11NO2.2ClH/c2*6-1-4-2-8-3-5(4)7;;/h2*4-5,7H,1-3,6H2;2*1H/t2*4-,5-;;/m10../s1. The summed E-state index contributed by atoms with van der Waals surface area (Å²) in [5, 5.41) is 18.0. The molecule has 2 heterocycles. The molecule has 2 aliphatic rings. The highest BCUT2D eigenvalue weighted by Crippen LogP contribution is 2.11. The number of aliphatic hydroxyl groups excluding tert-OH is 2. The Bertz CT molecular complexity index is 183. The molecule has 4 atom stereocenters. The summed E-state index contributed by atoms with van der Waals surface area (Å²) >= 11 is 0. The van der Waals surface area contributed by atoms with E-state index in [1.807, 2.05) is 0 Å². The lowest BCUT2D eigenvalue weighted by molar-refractivity contribution is 0.119. The van der Waals surface area contributed by atoms with Crippen molar-refractivity contribution in [2.45, 2.75) is 12.2 Å². The molecule has 0 saturated carbocycles. The van der Waals surface area contributed by atoms with Crippen LogP contribution in [0.4, 0.5) is 0 Å². The van der Waals surface area contributed by atoms with Crippen LogP contribution in [-0.4, -0.2) is 61.9 Å². The second kappa shape index (κ2) is 11.2. The van der Waals surface area contributed by atoms with Crippen LogP contribution >= 0.6 is 24.8 Å². The van der Waals surface area contributed by atoms with E-state index in [0.717, 1.165) is 0 Å². The molecule has 112 valence electrons. The van der Waals surface area contributed by atoms with Gasteiger partial charge in [-0.1, -0.05) is 0 Å². The van der Waals surface area contributed by atoms with Gasteiger partial charge in [0.15, 0.2) is 0 Å². The third-order valence-electron chi connectivity index (χ3n) is 2.93. The lowest BCUT2D eigenvalue weighted by Crippen LogP contribution is -2.25. The molecule has 2 fully saturated rings. The van der Waals surface area contributed by atoms with Crippen molar-refractivity contribution in [3.8, 4) is 0 Å². The minimum Gasteiger partial charge on any atom is -0.390 e. The second-order valence-corrected chi connectivity index (χ2v) is 4.20. The fourth-order valence-electron chi connectivity index (χ4n) is 1.62. The molecule has 18 heavy (non-hydrogen) atoms. The number of ether oxygens (including phenoxy) is 2. The number of nitrogens with two attached hydrogens (primary N) is 2. The highest BCUT2D eigenvalue weighted by Gasteiger charge is 2.24. The molecule has 0 unspecified atom stereocenters. The average molecular weight is 307 g/mol. The monoisotopic (exact) mass is 306 g/mol. The van der Waals surface area contributed by atoms with Crippen LogP contribution in [0.1, 0.15) is 0 Å². The van der Waals surface area contributed by atoms with Crippen LogP contribution in [0.25, 0.3) is 0 Å². The zero-order valence-electron chi connectivity index (χ0n) is 10.2. The minimum absolute atomic E-state index is 0. The van der Waals surface area contributed by atoms with Crippen LogP contribution in [-0.2, 0) is 9.47 Å².